The molecule has 1 N–H and O–H groups in total. The fraction of sp³-hybridized carbons (Fsp3) is 0.333. The summed E-state index contributed by atoms with van der Waals surface area (Å²) in [7, 11) is 0. The predicted octanol–water partition coefficient (Wildman–Crippen LogP) is 4.06. The minimum atomic E-state index is 0.613. The van der Waals surface area contributed by atoms with Crippen LogP contribution >= 0.6 is 12.2 Å². The molecule has 1 aliphatic rings. The molecule has 0 bridgehead atoms. The molecule has 0 spiro atoms. The Bertz CT molecular complexity index is 684. The average Bonchev–Trinajstić information content (AvgIpc) is 3.07. The van der Waals surface area contributed by atoms with Gasteiger partial charge in [-0.05, 0) is 37.1 Å². The van der Waals surface area contributed by atoms with Crippen molar-refractivity contribution in [2.45, 2.75) is 31.6 Å². The molecule has 1 aromatic heterocycles. The van der Waals surface area contributed by atoms with E-state index in [1.807, 2.05) is 22.9 Å². The van der Waals surface area contributed by atoms with Crippen molar-refractivity contribution in [1.29, 1.82) is 5.26 Å². The van der Waals surface area contributed by atoms with Crippen LogP contribution in [-0.2, 0) is 0 Å². The molecule has 1 aliphatic carbocycles. The van der Waals surface area contributed by atoms with Gasteiger partial charge in [0.15, 0.2) is 0 Å². The minimum absolute atomic E-state index is 0.613. The summed E-state index contributed by atoms with van der Waals surface area (Å²) in [5, 5.41) is 12.4. The molecule has 3 nitrogen and oxygen atoms in total. The average molecular weight is 269 g/mol. The summed E-state index contributed by atoms with van der Waals surface area (Å²) in [6.07, 6.45) is 5.10. The highest BCUT2D eigenvalue weighted by Crippen LogP contribution is 2.33. The highest BCUT2D eigenvalue weighted by Gasteiger charge is 2.19. The maximum atomic E-state index is 8.96. The molecule has 1 saturated carbocycles. The lowest BCUT2D eigenvalue weighted by Crippen LogP contribution is -1.99. The first-order valence-corrected chi connectivity index (χ1v) is 7.01. The molecule has 4 heteroatoms. The molecular weight excluding hydrogens is 254 g/mol. The minimum Gasteiger partial charge on any atom is -0.297 e. The van der Waals surface area contributed by atoms with Crippen molar-refractivity contribution in [2.75, 3.05) is 0 Å². The molecule has 3 rings (SSSR count). The van der Waals surface area contributed by atoms with Crippen LogP contribution < -0.4 is 0 Å². The SMILES string of the molecule is N#Cc1cccc(-n2[nH]c(C3CCCC3)cc2=S)c1. The van der Waals surface area contributed by atoms with E-state index >= 15 is 0 Å². The van der Waals surface area contributed by atoms with E-state index < -0.39 is 0 Å². The number of H-pyrrole nitrogens is 1. The summed E-state index contributed by atoms with van der Waals surface area (Å²) in [5.41, 5.74) is 2.80. The maximum absolute atomic E-state index is 8.96. The highest BCUT2D eigenvalue weighted by molar-refractivity contribution is 7.71. The quantitative estimate of drug-likeness (QED) is 0.835. The first kappa shape index (κ1) is 12.2. The fourth-order valence-corrected chi connectivity index (χ4v) is 3.04. The lowest BCUT2D eigenvalue weighted by Gasteiger charge is -2.07. The Morgan fingerprint density at radius 3 is 2.79 bits per heavy atom. The molecule has 1 fully saturated rings. The molecular formula is C15H15N3S. The van der Waals surface area contributed by atoms with Crippen molar-refractivity contribution in [1.82, 2.24) is 9.78 Å². The third-order valence-electron chi connectivity index (χ3n) is 3.77. The van der Waals surface area contributed by atoms with Crippen molar-refractivity contribution in [3.63, 3.8) is 0 Å². The van der Waals surface area contributed by atoms with E-state index in [2.05, 4.69) is 17.2 Å². The van der Waals surface area contributed by atoms with Gasteiger partial charge in [0.2, 0.25) is 0 Å². The first-order chi connectivity index (χ1) is 9.28. The van der Waals surface area contributed by atoms with Crippen LogP contribution in [0.3, 0.4) is 0 Å². The molecule has 19 heavy (non-hydrogen) atoms. The van der Waals surface area contributed by atoms with E-state index in [-0.39, 0.29) is 0 Å². The molecule has 2 aromatic rings. The van der Waals surface area contributed by atoms with Crippen LogP contribution in [-0.4, -0.2) is 9.78 Å². The zero-order valence-electron chi connectivity index (χ0n) is 10.6. The van der Waals surface area contributed by atoms with Crippen molar-refractivity contribution in [2.24, 2.45) is 0 Å². The maximum Gasteiger partial charge on any atom is 0.127 e. The zero-order valence-corrected chi connectivity index (χ0v) is 11.4. The summed E-state index contributed by atoms with van der Waals surface area (Å²) >= 11 is 5.42. The fourth-order valence-electron chi connectivity index (χ4n) is 2.77. The van der Waals surface area contributed by atoms with Gasteiger partial charge in [0, 0.05) is 11.6 Å². The van der Waals surface area contributed by atoms with Crippen LogP contribution in [0.25, 0.3) is 5.69 Å². The zero-order chi connectivity index (χ0) is 13.2. The number of aromatic nitrogens is 2. The number of aromatic amines is 1. The summed E-state index contributed by atoms with van der Waals surface area (Å²) in [4.78, 5) is 0. The van der Waals surface area contributed by atoms with E-state index in [0.29, 0.717) is 11.5 Å². The molecule has 0 unspecified atom stereocenters. The predicted molar refractivity (Wildman–Crippen MR) is 76.9 cm³/mol. The Morgan fingerprint density at radius 2 is 2.05 bits per heavy atom. The molecule has 96 valence electrons. The number of benzene rings is 1. The smallest absolute Gasteiger partial charge is 0.127 e. The van der Waals surface area contributed by atoms with E-state index in [1.54, 1.807) is 6.07 Å². The van der Waals surface area contributed by atoms with Gasteiger partial charge in [0.1, 0.15) is 4.64 Å². The Balaban J connectivity index is 2.00. The van der Waals surface area contributed by atoms with Crippen molar-refractivity contribution in [3.8, 4) is 11.8 Å². The Morgan fingerprint density at radius 1 is 1.26 bits per heavy atom. The summed E-state index contributed by atoms with van der Waals surface area (Å²) in [6.45, 7) is 0. The lowest BCUT2D eigenvalue weighted by molar-refractivity contribution is 0.678. The van der Waals surface area contributed by atoms with Gasteiger partial charge >= 0.3 is 0 Å². The van der Waals surface area contributed by atoms with Crippen LogP contribution in [0.1, 0.15) is 42.9 Å². The number of hydrogen-bond donors (Lipinski definition) is 1. The van der Waals surface area contributed by atoms with E-state index in [4.69, 9.17) is 17.5 Å². The number of nitrogens with one attached hydrogen (secondary N) is 1. The third-order valence-corrected chi connectivity index (χ3v) is 4.07. The first-order valence-electron chi connectivity index (χ1n) is 6.60. The molecule has 0 radical (unpaired) electrons. The molecule has 0 amide bonds. The summed E-state index contributed by atoms with van der Waals surface area (Å²) < 4.78 is 2.67. The second kappa shape index (κ2) is 5.02. The highest BCUT2D eigenvalue weighted by atomic mass is 32.1. The Hall–Kier alpha value is -1.86. The second-order valence-electron chi connectivity index (χ2n) is 5.03. The molecule has 1 aromatic carbocycles. The van der Waals surface area contributed by atoms with Gasteiger partial charge in [-0.25, -0.2) is 4.68 Å². The molecule has 0 atom stereocenters. The Kier molecular flexibility index (Phi) is 3.22. The normalized spacial score (nSPS) is 15.5. The second-order valence-corrected chi connectivity index (χ2v) is 5.45. The van der Waals surface area contributed by atoms with Crippen molar-refractivity contribution in [3.05, 3.63) is 46.2 Å². The van der Waals surface area contributed by atoms with Crippen LogP contribution in [0.2, 0.25) is 0 Å². The topological polar surface area (TPSA) is 44.5 Å². The van der Waals surface area contributed by atoms with Gasteiger partial charge in [-0.15, -0.1) is 0 Å². The largest absolute Gasteiger partial charge is 0.297 e. The van der Waals surface area contributed by atoms with E-state index in [1.165, 1.54) is 31.4 Å². The number of nitrogens with zero attached hydrogens (tertiary/aromatic N) is 2. The van der Waals surface area contributed by atoms with E-state index in [0.717, 1.165) is 10.3 Å². The van der Waals surface area contributed by atoms with Gasteiger partial charge in [-0.1, -0.05) is 31.1 Å². The van der Waals surface area contributed by atoms with Crippen LogP contribution in [0, 0.1) is 16.0 Å². The van der Waals surface area contributed by atoms with Gasteiger partial charge in [-0.3, -0.25) is 5.10 Å². The van der Waals surface area contributed by atoms with Crippen molar-refractivity contribution < 1.29 is 0 Å². The molecule has 0 aliphatic heterocycles. The number of nitriles is 1. The number of hydrogen-bond acceptors (Lipinski definition) is 2. The summed E-state index contributed by atoms with van der Waals surface area (Å²) in [5.74, 6) is 0.613. The van der Waals surface area contributed by atoms with Gasteiger partial charge in [0.25, 0.3) is 0 Å². The number of rotatable bonds is 2. The summed E-state index contributed by atoms with van der Waals surface area (Å²) in [6, 6.07) is 11.7. The van der Waals surface area contributed by atoms with Gasteiger partial charge in [-0.2, -0.15) is 5.26 Å². The van der Waals surface area contributed by atoms with Crippen molar-refractivity contribution >= 4 is 12.2 Å². The lowest BCUT2D eigenvalue weighted by atomic mass is 10.1. The molecule has 0 saturated heterocycles. The van der Waals surface area contributed by atoms with Crippen LogP contribution in [0.5, 0.6) is 0 Å². The molecule has 1 heterocycles. The van der Waals surface area contributed by atoms with Gasteiger partial charge < -0.3 is 0 Å². The van der Waals surface area contributed by atoms with Gasteiger partial charge in [0.05, 0.1) is 17.3 Å². The van der Waals surface area contributed by atoms with E-state index in [9.17, 15) is 0 Å². The third kappa shape index (κ3) is 2.34. The standard InChI is InChI=1S/C15H15N3S/c16-10-11-4-3-7-13(8-11)18-15(19)9-14(17-18)12-5-1-2-6-12/h3-4,7-9,12,17H,1-2,5-6H2. The monoisotopic (exact) mass is 269 g/mol. The Labute approximate surface area is 117 Å². The van der Waals surface area contributed by atoms with Crippen LogP contribution in [0.4, 0.5) is 0 Å². The van der Waals surface area contributed by atoms with Crippen LogP contribution in [0.15, 0.2) is 30.3 Å².